The molecule has 0 bridgehead atoms. The van der Waals surface area contributed by atoms with Crippen LogP contribution in [0.5, 0.6) is 0 Å². The minimum Gasteiger partial charge on any atom is -0.378 e. The number of amides is 2. The van der Waals surface area contributed by atoms with E-state index in [1.54, 1.807) is 36.4 Å². The molecular weight excluding hydrogens is 380 g/mol. The van der Waals surface area contributed by atoms with E-state index in [0.29, 0.717) is 16.5 Å². The van der Waals surface area contributed by atoms with Gasteiger partial charge in [-0.3, -0.25) is 9.59 Å². The Morgan fingerprint density at radius 1 is 1.07 bits per heavy atom. The van der Waals surface area contributed by atoms with Crippen molar-refractivity contribution in [2.75, 3.05) is 30.9 Å². The SMILES string of the molecule is CN(C)c1ccc(NC(=O)CNC(=O)c2cc(-c3ccc(Cl)cc3)on2)cc1. The lowest BCUT2D eigenvalue weighted by Gasteiger charge is -2.13. The summed E-state index contributed by atoms with van der Waals surface area (Å²) in [6, 6.07) is 15.8. The second-order valence-corrected chi connectivity index (χ2v) is 6.69. The predicted octanol–water partition coefficient (Wildman–Crippen LogP) is 3.43. The standard InChI is InChI=1S/C20H19ClN4O3/c1-25(2)16-9-7-15(8-10-16)23-19(26)12-22-20(27)17-11-18(28-24-17)13-3-5-14(21)6-4-13/h3-11H,12H2,1-2H3,(H,22,27)(H,23,26). The summed E-state index contributed by atoms with van der Waals surface area (Å²) < 4.78 is 5.19. The van der Waals surface area contributed by atoms with Crippen molar-refractivity contribution in [2.45, 2.75) is 0 Å². The quantitative estimate of drug-likeness (QED) is 0.664. The minimum atomic E-state index is -0.498. The molecule has 1 heterocycles. The van der Waals surface area contributed by atoms with Crippen LogP contribution in [-0.4, -0.2) is 37.6 Å². The van der Waals surface area contributed by atoms with Gasteiger partial charge in [-0.05, 0) is 48.5 Å². The predicted molar refractivity (Wildman–Crippen MR) is 109 cm³/mol. The van der Waals surface area contributed by atoms with E-state index in [-0.39, 0.29) is 18.1 Å². The first-order valence-corrected chi connectivity index (χ1v) is 8.88. The van der Waals surface area contributed by atoms with Gasteiger partial charge in [0.15, 0.2) is 11.5 Å². The monoisotopic (exact) mass is 398 g/mol. The number of nitrogens with zero attached hydrogens (tertiary/aromatic N) is 2. The van der Waals surface area contributed by atoms with Crippen LogP contribution < -0.4 is 15.5 Å². The maximum Gasteiger partial charge on any atom is 0.273 e. The van der Waals surface area contributed by atoms with Gasteiger partial charge < -0.3 is 20.1 Å². The van der Waals surface area contributed by atoms with Crippen LogP contribution in [0, 0.1) is 0 Å². The lowest BCUT2D eigenvalue weighted by Crippen LogP contribution is -2.33. The van der Waals surface area contributed by atoms with Crippen LogP contribution in [0.1, 0.15) is 10.5 Å². The molecule has 0 saturated heterocycles. The third-order valence-corrected chi connectivity index (χ3v) is 4.20. The zero-order chi connectivity index (χ0) is 20.1. The Balaban J connectivity index is 1.53. The topological polar surface area (TPSA) is 87.5 Å². The van der Waals surface area contributed by atoms with Gasteiger partial charge in [0.05, 0.1) is 6.54 Å². The number of hydrogen-bond donors (Lipinski definition) is 2. The fourth-order valence-electron chi connectivity index (χ4n) is 2.43. The van der Waals surface area contributed by atoms with Gasteiger partial charge in [0.25, 0.3) is 5.91 Å². The van der Waals surface area contributed by atoms with Gasteiger partial charge in [-0.2, -0.15) is 0 Å². The van der Waals surface area contributed by atoms with E-state index in [0.717, 1.165) is 11.3 Å². The molecule has 144 valence electrons. The lowest BCUT2D eigenvalue weighted by atomic mass is 10.1. The van der Waals surface area contributed by atoms with Gasteiger partial charge in [-0.1, -0.05) is 16.8 Å². The largest absolute Gasteiger partial charge is 0.378 e. The molecule has 1 aromatic heterocycles. The van der Waals surface area contributed by atoms with E-state index in [4.69, 9.17) is 16.1 Å². The summed E-state index contributed by atoms with van der Waals surface area (Å²) in [7, 11) is 3.87. The fraction of sp³-hybridized carbons (Fsp3) is 0.150. The average molecular weight is 399 g/mol. The highest BCUT2D eigenvalue weighted by Crippen LogP contribution is 2.22. The van der Waals surface area contributed by atoms with Crippen molar-refractivity contribution in [3.05, 3.63) is 65.3 Å². The maximum absolute atomic E-state index is 12.2. The molecule has 3 aromatic rings. The van der Waals surface area contributed by atoms with Crippen LogP contribution in [0.25, 0.3) is 11.3 Å². The summed E-state index contributed by atoms with van der Waals surface area (Å²) in [5.41, 5.74) is 2.51. The highest BCUT2D eigenvalue weighted by atomic mass is 35.5. The number of nitrogens with one attached hydrogen (secondary N) is 2. The zero-order valence-electron chi connectivity index (χ0n) is 15.4. The summed E-state index contributed by atoms with van der Waals surface area (Å²) in [6.45, 7) is -0.183. The minimum absolute atomic E-state index is 0.0908. The molecule has 0 aliphatic heterocycles. The van der Waals surface area contributed by atoms with Gasteiger partial charge in [0.1, 0.15) is 0 Å². The smallest absolute Gasteiger partial charge is 0.273 e. The normalized spacial score (nSPS) is 10.4. The molecule has 3 rings (SSSR count). The summed E-state index contributed by atoms with van der Waals surface area (Å²) in [5.74, 6) is -0.401. The van der Waals surface area contributed by atoms with E-state index in [1.165, 1.54) is 6.07 Å². The van der Waals surface area contributed by atoms with E-state index < -0.39 is 5.91 Å². The van der Waals surface area contributed by atoms with Crippen LogP contribution in [0.2, 0.25) is 5.02 Å². The molecule has 28 heavy (non-hydrogen) atoms. The number of halogens is 1. The van der Waals surface area contributed by atoms with Gasteiger partial charge in [-0.15, -0.1) is 0 Å². The summed E-state index contributed by atoms with van der Waals surface area (Å²) in [5, 5.41) is 9.59. The zero-order valence-corrected chi connectivity index (χ0v) is 16.2. The van der Waals surface area contributed by atoms with Crippen LogP contribution >= 0.6 is 11.6 Å². The highest BCUT2D eigenvalue weighted by molar-refractivity contribution is 6.30. The fourth-order valence-corrected chi connectivity index (χ4v) is 2.56. The second-order valence-electron chi connectivity index (χ2n) is 6.26. The summed E-state index contributed by atoms with van der Waals surface area (Å²) >= 11 is 5.85. The van der Waals surface area contributed by atoms with E-state index in [9.17, 15) is 9.59 Å². The molecule has 0 aliphatic carbocycles. The Morgan fingerprint density at radius 3 is 2.39 bits per heavy atom. The Morgan fingerprint density at radius 2 is 1.75 bits per heavy atom. The molecule has 0 spiro atoms. The van der Waals surface area contributed by atoms with E-state index in [2.05, 4.69) is 15.8 Å². The molecule has 2 aromatic carbocycles. The van der Waals surface area contributed by atoms with Gasteiger partial charge in [0.2, 0.25) is 5.91 Å². The van der Waals surface area contributed by atoms with Crippen LogP contribution in [-0.2, 0) is 4.79 Å². The average Bonchev–Trinajstić information content (AvgIpc) is 3.17. The summed E-state index contributed by atoms with van der Waals surface area (Å²) in [6.07, 6.45) is 0. The molecular formula is C20H19ClN4O3. The first-order valence-electron chi connectivity index (χ1n) is 8.50. The number of carbonyl (C=O) groups is 2. The van der Waals surface area contributed by atoms with Crippen LogP contribution in [0.15, 0.2) is 59.1 Å². The first-order chi connectivity index (χ1) is 13.4. The van der Waals surface area contributed by atoms with Crippen LogP contribution in [0.4, 0.5) is 11.4 Å². The van der Waals surface area contributed by atoms with Crippen molar-refractivity contribution in [3.8, 4) is 11.3 Å². The molecule has 2 N–H and O–H groups in total. The van der Waals surface area contributed by atoms with Crippen molar-refractivity contribution < 1.29 is 14.1 Å². The van der Waals surface area contributed by atoms with Gasteiger partial charge >= 0.3 is 0 Å². The number of aromatic nitrogens is 1. The number of hydrogen-bond acceptors (Lipinski definition) is 5. The van der Waals surface area contributed by atoms with Crippen LogP contribution in [0.3, 0.4) is 0 Å². The Bertz CT molecular complexity index is 966. The Kier molecular flexibility index (Phi) is 5.96. The number of carbonyl (C=O) groups excluding carboxylic acids is 2. The van der Waals surface area contributed by atoms with Gasteiger partial charge in [-0.25, -0.2) is 0 Å². The Hall–Kier alpha value is -3.32. The molecule has 7 nitrogen and oxygen atoms in total. The molecule has 0 unspecified atom stereocenters. The molecule has 0 fully saturated rings. The lowest BCUT2D eigenvalue weighted by molar-refractivity contribution is -0.115. The first kappa shape index (κ1) is 19.4. The molecule has 2 amide bonds. The van der Waals surface area contributed by atoms with Crippen molar-refractivity contribution in [2.24, 2.45) is 0 Å². The molecule has 0 saturated carbocycles. The van der Waals surface area contributed by atoms with Gasteiger partial charge in [0, 0.05) is 42.1 Å². The van der Waals surface area contributed by atoms with E-state index in [1.807, 2.05) is 31.1 Å². The van der Waals surface area contributed by atoms with Crippen molar-refractivity contribution in [3.63, 3.8) is 0 Å². The molecule has 0 radical (unpaired) electrons. The van der Waals surface area contributed by atoms with Crippen molar-refractivity contribution in [1.82, 2.24) is 10.5 Å². The molecule has 8 heteroatoms. The third-order valence-electron chi connectivity index (χ3n) is 3.95. The number of anilines is 2. The second kappa shape index (κ2) is 8.58. The highest BCUT2D eigenvalue weighted by Gasteiger charge is 2.15. The third kappa shape index (κ3) is 4.89. The van der Waals surface area contributed by atoms with Crippen molar-refractivity contribution >= 4 is 34.8 Å². The maximum atomic E-state index is 12.2. The molecule has 0 aliphatic rings. The number of rotatable bonds is 6. The summed E-state index contributed by atoms with van der Waals surface area (Å²) in [4.78, 5) is 26.2. The molecule has 0 atom stereocenters. The number of benzene rings is 2. The Labute approximate surface area is 167 Å². The van der Waals surface area contributed by atoms with Crippen molar-refractivity contribution in [1.29, 1.82) is 0 Å². The van der Waals surface area contributed by atoms with E-state index >= 15 is 0 Å².